The molecular formula is C8H13NO2. The van der Waals surface area contributed by atoms with Crippen LogP contribution in [0.5, 0.6) is 0 Å². The molecule has 1 N–H and O–H groups in total. The lowest BCUT2D eigenvalue weighted by Crippen LogP contribution is -2.68. The van der Waals surface area contributed by atoms with E-state index in [4.69, 9.17) is 4.74 Å². The predicted molar refractivity (Wildman–Crippen MR) is 40.2 cm³/mol. The van der Waals surface area contributed by atoms with Crippen molar-refractivity contribution in [1.82, 2.24) is 5.32 Å². The number of ether oxygens (including phenoxy) is 1. The Bertz CT molecular complexity index is 174. The molecule has 0 spiro atoms. The van der Waals surface area contributed by atoms with Gasteiger partial charge in [0.1, 0.15) is 0 Å². The predicted octanol–water partition coefficient (Wildman–Crippen LogP) is 1.29. The Kier molecular flexibility index (Phi) is 1.34. The van der Waals surface area contributed by atoms with Crippen LogP contribution in [0.4, 0.5) is 4.79 Å². The van der Waals surface area contributed by atoms with Crippen LogP contribution in [0, 0.1) is 5.92 Å². The highest BCUT2D eigenvalue weighted by molar-refractivity contribution is 5.69. The third-order valence-corrected chi connectivity index (χ3v) is 2.68. The number of carbonyl (C=O) groups is 1. The van der Waals surface area contributed by atoms with Crippen molar-refractivity contribution in [2.45, 2.75) is 31.7 Å². The first-order valence-electron chi connectivity index (χ1n) is 4.19. The van der Waals surface area contributed by atoms with Crippen molar-refractivity contribution < 1.29 is 9.53 Å². The molecule has 0 aliphatic heterocycles. The minimum absolute atomic E-state index is 0.164. The van der Waals surface area contributed by atoms with Gasteiger partial charge < -0.3 is 10.1 Å². The topological polar surface area (TPSA) is 38.3 Å². The van der Waals surface area contributed by atoms with Crippen molar-refractivity contribution >= 4 is 6.09 Å². The van der Waals surface area contributed by atoms with E-state index in [2.05, 4.69) is 5.32 Å². The number of hydrogen-bond acceptors (Lipinski definition) is 2. The Labute approximate surface area is 66.1 Å². The second-order valence-electron chi connectivity index (χ2n) is 3.60. The van der Waals surface area contributed by atoms with Gasteiger partial charge in [0.05, 0.1) is 6.61 Å². The minimum Gasteiger partial charge on any atom is -0.450 e. The molecule has 0 aromatic heterocycles. The molecule has 3 aliphatic rings. The lowest BCUT2D eigenvalue weighted by Gasteiger charge is -2.61. The fourth-order valence-corrected chi connectivity index (χ4v) is 2.02. The van der Waals surface area contributed by atoms with E-state index in [0.29, 0.717) is 6.61 Å². The lowest BCUT2D eigenvalue weighted by molar-refractivity contribution is -0.0474. The van der Waals surface area contributed by atoms with Crippen LogP contribution in [-0.4, -0.2) is 18.2 Å². The molecule has 0 aromatic carbocycles. The highest BCUT2D eigenvalue weighted by atomic mass is 16.5. The summed E-state index contributed by atoms with van der Waals surface area (Å²) in [6.07, 6.45) is 3.27. The maximum absolute atomic E-state index is 10.9. The van der Waals surface area contributed by atoms with Crippen molar-refractivity contribution in [2.24, 2.45) is 5.92 Å². The molecule has 0 atom stereocenters. The zero-order valence-electron chi connectivity index (χ0n) is 6.72. The standard InChI is InChI=1S/C8H13NO2/c1-2-11-7(10)9-8-3-6(4-8)5-8/h6H,2-5H2,1H3,(H,9,10). The van der Waals surface area contributed by atoms with Crippen LogP contribution in [0.15, 0.2) is 0 Å². The minimum atomic E-state index is -0.245. The van der Waals surface area contributed by atoms with E-state index in [1.54, 1.807) is 0 Å². The zero-order valence-corrected chi connectivity index (χ0v) is 6.72. The fourth-order valence-electron chi connectivity index (χ4n) is 2.02. The third kappa shape index (κ3) is 0.988. The van der Waals surface area contributed by atoms with E-state index in [9.17, 15) is 4.79 Å². The summed E-state index contributed by atoms with van der Waals surface area (Å²) in [6, 6.07) is 0. The molecule has 11 heavy (non-hydrogen) atoms. The van der Waals surface area contributed by atoms with Gasteiger partial charge in [-0.15, -0.1) is 0 Å². The van der Waals surface area contributed by atoms with Gasteiger partial charge in [0.25, 0.3) is 0 Å². The summed E-state index contributed by atoms with van der Waals surface area (Å²) in [5.41, 5.74) is 0.164. The van der Waals surface area contributed by atoms with Crippen LogP contribution in [-0.2, 0) is 4.74 Å². The monoisotopic (exact) mass is 155 g/mol. The molecule has 3 fully saturated rings. The number of alkyl carbamates (subject to hydrolysis) is 1. The van der Waals surface area contributed by atoms with Crippen molar-refractivity contribution in [3.63, 3.8) is 0 Å². The van der Waals surface area contributed by atoms with Gasteiger partial charge >= 0.3 is 6.09 Å². The van der Waals surface area contributed by atoms with Gasteiger partial charge in [-0.1, -0.05) is 0 Å². The van der Waals surface area contributed by atoms with E-state index in [1.165, 1.54) is 19.3 Å². The maximum Gasteiger partial charge on any atom is 0.407 e. The number of rotatable bonds is 2. The number of amides is 1. The van der Waals surface area contributed by atoms with Crippen LogP contribution in [0.25, 0.3) is 0 Å². The average molecular weight is 155 g/mol. The van der Waals surface area contributed by atoms with Gasteiger partial charge in [-0.3, -0.25) is 0 Å². The molecule has 3 aliphatic carbocycles. The summed E-state index contributed by atoms with van der Waals surface area (Å²) in [5, 5.41) is 2.90. The van der Waals surface area contributed by atoms with Crippen molar-refractivity contribution in [3.8, 4) is 0 Å². The molecule has 62 valence electrons. The quantitative estimate of drug-likeness (QED) is 0.652. The summed E-state index contributed by atoms with van der Waals surface area (Å²) < 4.78 is 4.79. The van der Waals surface area contributed by atoms with E-state index < -0.39 is 0 Å². The summed E-state index contributed by atoms with van der Waals surface area (Å²) in [7, 11) is 0. The first-order chi connectivity index (χ1) is 5.24. The molecule has 3 rings (SSSR count). The van der Waals surface area contributed by atoms with Gasteiger partial charge in [0.15, 0.2) is 0 Å². The Morgan fingerprint density at radius 1 is 1.64 bits per heavy atom. The second-order valence-corrected chi connectivity index (χ2v) is 3.60. The number of carbonyl (C=O) groups excluding carboxylic acids is 1. The normalized spacial score (nSPS) is 38.5. The Morgan fingerprint density at radius 3 is 2.64 bits per heavy atom. The molecule has 3 heteroatoms. The molecule has 1 amide bonds. The van der Waals surface area contributed by atoms with Crippen molar-refractivity contribution in [1.29, 1.82) is 0 Å². The Morgan fingerprint density at radius 2 is 2.27 bits per heavy atom. The summed E-state index contributed by atoms with van der Waals surface area (Å²) in [5.74, 6) is 0.900. The first-order valence-corrected chi connectivity index (χ1v) is 4.19. The SMILES string of the molecule is CCOC(=O)NC12CC(C1)C2. The van der Waals surface area contributed by atoms with Gasteiger partial charge in [0.2, 0.25) is 0 Å². The zero-order chi connectivity index (χ0) is 7.90. The molecule has 2 bridgehead atoms. The maximum atomic E-state index is 10.9. The summed E-state index contributed by atoms with van der Waals surface area (Å²) >= 11 is 0. The van der Waals surface area contributed by atoms with Gasteiger partial charge in [-0.05, 0) is 32.1 Å². The Hall–Kier alpha value is -0.730. The molecular weight excluding hydrogens is 142 g/mol. The molecule has 0 heterocycles. The summed E-state index contributed by atoms with van der Waals surface area (Å²) in [6.45, 7) is 2.28. The van der Waals surface area contributed by atoms with Crippen molar-refractivity contribution in [3.05, 3.63) is 0 Å². The highest BCUT2D eigenvalue weighted by Crippen LogP contribution is 2.56. The smallest absolute Gasteiger partial charge is 0.407 e. The summed E-state index contributed by atoms with van der Waals surface area (Å²) in [4.78, 5) is 10.9. The van der Waals surface area contributed by atoms with E-state index in [1.807, 2.05) is 6.92 Å². The molecule has 0 radical (unpaired) electrons. The first kappa shape index (κ1) is 6.95. The third-order valence-electron chi connectivity index (χ3n) is 2.68. The fraction of sp³-hybridized carbons (Fsp3) is 0.875. The molecule has 0 saturated heterocycles. The van der Waals surface area contributed by atoms with Crippen molar-refractivity contribution in [2.75, 3.05) is 6.61 Å². The van der Waals surface area contributed by atoms with Crippen LogP contribution in [0.1, 0.15) is 26.2 Å². The molecule has 3 saturated carbocycles. The van der Waals surface area contributed by atoms with E-state index in [-0.39, 0.29) is 11.6 Å². The van der Waals surface area contributed by atoms with Gasteiger partial charge in [0, 0.05) is 5.54 Å². The largest absolute Gasteiger partial charge is 0.450 e. The van der Waals surface area contributed by atoms with E-state index in [0.717, 1.165) is 5.92 Å². The number of nitrogens with one attached hydrogen (secondary N) is 1. The van der Waals surface area contributed by atoms with Crippen LogP contribution in [0.2, 0.25) is 0 Å². The second kappa shape index (κ2) is 2.13. The van der Waals surface area contributed by atoms with Crippen LogP contribution >= 0.6 is 0 Å². The van der Waals surface area contributed by atoms with Gasteiger partial charge in [-0.25, -0.2) is 4.79 Å². The molecule has 0 aromatic rings. The highest BCUT2D eigenvalue weighted by Gasteiger charge is 2.57. The van der Waals surface area contributed by atoms with Crippen LogP contribution < -0.4 is 5.32 Å². The molecule has 3 nitrogen and oxygen atoms in total. The average Bonchev–Trinajstić information content (AvgIpc) is 1.77. The Balaban J connectivity index is 1.76. The van der Waals surface area contributed by atoms with Crippen LogP contribution in [0.3, 0.4) is 0 Å². The van der Waals surface area contributed by atoms with E-state index >= 15 is 0 Å². The number of hydrogen-bond donors (Lipinski definition) is 1. The van der Waals surface area contributed by atoms with Gasteiger partial charge in [-0.2, -0.15) is 0 Å². The lowest BCUT2D eigenvalue weighted by atomic mass is 9.50. The molecule has 0 unspecified atom stereocenters.